The predicted octanol–water partition coefficient (Wildman–Crippen LogP) is 32.4. The van der Waals surface area contributed by atoms with Crippen molar-refractivity contribution in [2.75, 3.05) is 33.8 Å². The van der Waals surface area contributed by atoms with Crippen molar-refractivity contribution in [1.29, 1.82) is 0 Å². The fraction of sp³-hybridized carbons (Fsp3) is 0.275. The van der Waals surface area contributed by atoms with Gasteiger partial charge in [0.2, 0.25) is 0 Å². The van der Waals surface area contributed by atoms with Crippen LogP contribution in [0.25, 0.3) is 0 Å². The lowest BCUT2D eigenvalue weighted by atomic mass is 10.0. The first-order valence-corrected chi connectivity index (χ1v) is 40.6. The van der Waals surface area contributed by atoms with Crippen LogP contribution in [0.1, 0.15) is 209 Å². The number of anilines is 12. The number of nitrogens with zero attached hydrogens (tertiary/aromatic N) is 4. The highest BCUT2D eigenvalue weighted by Gasteiger charge is 2.18. The van der Waals surface area contributed by atoms with Crippen LogP contribution >= 0.6 is 0 Å². The van der Waals surface area contributed by atoms with E-state index in [1.54, 1.807) is 38.5 Å². The van der Waals surface area contributed by atoms with Crippen LogP contribution in [0.3, 0.4) is 0 Å². The molecule has 0 amide bonds. The van der Waals surface area contributed by atoms with Gasteiger partial charge >= 0.3 is 0 Å². The van der Waals surface area contributed by atoms with Crippen molar-refractivity contribution in [1.82, 2.24) is 0 Å². The summed E-state index contributed by atoms with van der Waals surface area (Å²) in [7, 11) is 3.34. The Labute approximate surface area is 669 Å². The van der Waals surface area contributed by atoms with Gasteiger partial charge in [0, 0.05) is 79.4 Å². The number of aldehydes is 2. The molecule has 110 heavy (non-hydrogen) atoms. The fourth-order valence-electron chi connectivity index (χ4n) is 10.5. The van der Waals surface area contributed by atoms with Gasteiger partial charge in [-0.05, 0) is 229 Å². The Morgan fingerprint density at radius 1 is 0.191 bits per heavy atom. The number of hydrogen-bond acceptors (Lipinski definition) is 8. The Kier molecular flexibility index (Phi) is 59.5. The smallest absolute Gasteiger partial charge is 0.150 e. The summed E-state index contributed by atoms with van der Waals surface area (Å²) in [6.45, 7) is 48.0. The van der Waals surface area contributed by atoms with Crippen molar-refractivity contribution in [3.8, 4) is 11.5 Å². The quantitative estimate of drug-likeness (QED) is 0.0700. The first-order chi connectivity index (χ1) is 54.4. The zero-order valence-electron chi connectivity index (χ0n) is 72.0. The van der Waals surface area contributed by atoms with Gasteiger partial charge in [-0.25, -0.2) is 0 Å². The van der Waals surface area contributed by atoms with Crippen LogP contribution in [-0.2, 0) is 12.8 Å². The van der Waals surface area contributed by atoms with Crippen LogP contribution in [0, 0.1) is 0 Å². The van der Waals surface area contributed by atoms with E-state index in [1.165, 1.54) is 22.3 Å². The Morgan fingerprint density at radius 3 is 0.473 bits per heavy atom. The average molecular weight is 1480 g/mol. The minimum atomic E-state index is 0.613. The number of rotatable bonds is 20. The molecule has 0 unspecified atom stereocenters. The second-order valence-electron chi connectivity index (χ2n) is 20.5. The summed E-state index contributed by atoms with van der Waals surface area (Å²) in [5.74, 6) is 1.61. The summed E-state index contributed by atoms with van der Waals surface area (Å²) in [5.41, 5.74) is 18.9. The minimum absolute atomic E-state index is 0.613. The fourth-order valence-corrected chi connectivity index (χ4v) is 10.5. The molecule has 0 atom stereocenters. The number of ether oxygens (including phenoxy) is 2. The van der Waals surface area contributed by atoms with Crippen molar-refractivity contribution in [3.05, 3.63) is 349 Å². The number of carbonyl (C=O) groups excluding carboxylic acids is 2. The van der Waals surface area contributed by atoms with Crippen molar-refractivity contribution in [2.45, 2.75) is 179 Å². The average Bonchev–Trinajstić information content (AvgIpc) is 0.820. The number of benzene rings is 12. The van der Waals surface area contributed by atoms with Crippen LogP contribution in [0.4, 0.5) is 68.2 Å². The molecule has 0 aliphatic heterocycles. The second kappa shape index (κ2) is 64.9. The molecule has 0 bridgehead atoms. The van der Waals surface area contributed by atoms with Gasteiger partial charge in [-0.15, -0.1) is 0 Å². The number of carbonyl (C=O) groups is 2. The maximum absolute atomic E-state index is 11.3. The lowest BCUT2D eigenvalue weighted by molar-refractivity contribution is 0.111. The molecular weight excluding hydrogens is 1350 g/mol. The van der Waals surface area contributed by atoms with Crippen LogP contribution in [0.15, 0.2) is 315 Å². The molecule has 0 heterocycles. The summed E-state index contributed by atoms with van der Waals surface area (Å²) >= 11 is 0. The molecule has 12 rings (SSSR count). The third kappa shape index (κ3) is 32.7. The summed E-state index contributed by atoms with van der Waals surface area (Å²) in [6.07, 6.45) is 3.33. The molecule has 0 aliphatic carbocycles. The Hall–Kier alpha value is -11.2. The highest BCUT2D eigenvalue weighted by Crippen LogP contribution is 2.40. The van der Waals surface area contributed by atoms with E-state index in [9.17, 15) is 9.59 Å². The van der Waals surface area contributed by atoms with Crippen molar-refractivity contribution in [3.63, 3.8) is 0 Å². The van der Waals surface area contributed by atoms with Crippen LogP contribution in [-0.4, -0.2) is 26.8 Å². The van der Waals surface area contributed by atoms with Gasteiger partial charge in [0.15, 0.2) is 0 Å². The second-order valence-corrected chi connectivity index (χ2v) is 20.5. The van der Waals surface area contributed by atoms with E-state index in [4.69, 9.17) is 9.47 Å². The number of para-hydroxylation sites is 4. The lowest BCUT2D eigenvalue weighted by Crippen LogP contribution is -2.10. The van der Waals surface area contributed by atoms with Crippen LogP contribution in [0.2, 0.25) is 0 Å². The Bertz CT molecular complexity index is 3740. The lowest BCUT2D eigenvalue weighted by Gasteiger charge is -2.26. The topological polar surface area (TPSA) is 65.6 Å². The standard InChI is InChI=1S/C41H34N2O4.C37H30N2.12C2H6/c1-46-40-23-19-38(20-24-40)43(39-21-25-41(47-2)26-22-39)35-13-5-31(6-14-35)27-30-3-11-34(12-4-30)42(36-15-7-32(28-44)8-16-36)37-17-9-33(29-45)10-18-37;1-5-13-32(14-6-1)38(33-15-7-2-8-16-33)36-25-21-30(22-26-36)29-31-23-27-37(28-24-31)39(34-17-9-3-10-18-34)35-19-11-4-12-20-35;12*1-2/h3-26,28-29H,27H2,1-2H3;1-28H,29H2;12*1-2H3. The van der Waals surface area contributed by atoms with Gasteiger partial charge in [0.05, 0.1) is 14.2 Å². The molecule has 12 aromatic carbocycles. The van der Waals surface area contributed by atoms with Crippen molar-refractivity contribution in [2.24, 2.45) is 0 Å². The van der Waals surface area contributed by atoms with Gasteiger partial charge < -0.3 is 29.1 Å². The molecule has 0 radical (unpaired) electrons. The van der Waals surface area contributed by atoms with E-state index < -0.39 is 0 Å². The van der Waals surface area contributed by atoms with E-state index in [0.717, 1.165) is 105 Å². The van der Waals surface area contributed by atoms with Crippen molar-refractivity contribution >= 4 is 80.8 Å². The first kappa shape index (κ1) is 101. The molecule has 588 valence electrons. The Morgan fingerprint density at radius 2 is 0.327 bits per heavy atom. The zero-order chi connectivity index (χ0) is 82.9. The zero-order valence-corrected chi connectivity index (χ0v) is 72.0. The molecule has 8 heteroatoms. The predicted molar refractivity (Wildman–Crippen MR) is 490 cm³/mol. The molecule has 0 saturated heterocycles. The van der Waals surface area contributed by atoms with Crippen molar-refractivity contribution < 1.29 is 19.1 Å². The molecule has 0 fully saturated rings. The van der Waals surface area contributed by atoms with Gasteiger partial charge in [-0.2, -0.15) is 0 Å². The van der Waals surface area contributed by atoms with Gasteiger partial charge in [0.1, 0.15) is 24.1 Å². The molecule has 0 aliphatic rings. The number of methoxy groups -OCH3 is 2. The maximum Gasteiger partial charge on any atom is 0.150 e. The van der Waals surface area contributed by atoms with Gasteiger partial charge in [-0.1, -0.05) is 287 Å². The third-order valence-corrected chi connectivity index (χ3v) is 14.9. The molecule has 0 aromatic heterocycles. The van der Waals surface area contributed by atoms with Gasteiger partial charge in [-0.3, -0.25) is 9.59 Å². The highest BCUT2D eigenvalue weighted by molar-refractivity contribution is 5.83. The first-order valence-electron chi connectivity index (χ1n) is 40.6. The van der Waals surface area contributed by atoms with E-state index in [2.05, 4.69) is 262 Å². The molecule has 0 N–H and O–H groups in total. The largest absolute Gasteiger partial charge is 0.497 e. The third-order valence-electron chi connectivity index (χ3n) is 14.9. The number of hydrogen-bond donors (Lipinski definition) is 0. The molecule has 12 aromatic rings. The summed E-state index contributed by atoms with van der Waals surface area (Å²) < 4.78 is 10.8. The SMILES string of the molecule is CC.CC.CC.CC.CC.CC.CC.CC.CC.CC.CC.CC.COc1ccc(N(c2ccc(Cc3ccc(N(c4ccc(C=O)cc4)c4ccc(C=O)cc4)cc3)cc2)c2ccc(OC)cc2)cc1.c1ccc(N(c2ccccc2)c2ccc(Cc3ccc(N(c4ccccc4)c4ccccc4)cc3)cc2)cc1. The maximum atomic E-state index is 11.3. The Balaban J connectivity index is 0. The summed E-state index contributed by atoms with van der Waals surface area (Å²) in [6, 6.07) is 108. The molecule has 0 saturated carbocycles. The minimum Gasteiger partial charge on any atom is -0.497 e. The highest BCUT2D eigenvalue weighted by atomic mass is 16.5. The molecule has 0 spiro atoms. The van der Waals surface area contributed by atoms with E-state index in [-0.39, 0.29) is 0 Å². The normalized spacial score (nSPS) is 8.96. The van der Waals surface area contributed by atoms with E-state index >= 15 is 0 Å². The van der Waals surface area contributed by atoms with E-state index in [1.807, 2.05) is 215 Å². The van der Waals surface area contributed by atoms with E-state index in [0.29, 0.717) is 11.1 Å². The summed E-state index contributed by atoms with van der Waals surface area (Å²) in [5, 5.41) is 0. The van der Waals surface area contributed by atoms with Crippen LogP contribution in [0.5, 0.6) is 11.5 Å². The summed E-state index contributed by atoms with van der Waals surface area (Å²) in [4.78, 5) is 31.4. The monoisotopic (exact) mass is 1480 g/mol. The van der Waals surface area contributed by atoms with Crippen LogP contribution < -0.4 is 29.1 Å². The van der Waals surface area contributed by atoms with Gasteiger partial charge in [0.25, 0.3) is 0 Å². The molecule has 8 nitrogen and oxygen atoms in total. The molecular formula is C102H136N4O4.